The molecule has 1 nitrogen and oxygen atoms in total. The van der Waals surface area contributed by atoms with Gasteiger partial charge in [-0.1, -0.05) is 80.8 Å². The summed E-state index contributed by atoms with van der Waals surface area (Å²) in [4.78, 5) is 0. The van der Waals surface area contributed by atoms with Crippen LogP contribution in [0.25, 0.3) is 0 Å². The molecule has 0 aromatic heterocycles. The van der Waals surface area contributed by atoms with Crippen molar-refractivity contribution in [3.05, 3.63) is 59.8 Å². The monoisotopic (exact) mass is 274 g/mol. The summed E-state index contributed by atoms with van der Waals surface area (Å²) in [5.41, 5.74) is 1.23. The molecule has 2 heteroatoms. The Balaban J connectivity index is 2.45. The second-order valence-corrected chi connectivity index (χ2v) is 11.1. The van der Waals surface area contributed by atoms with Gasteiger partial charge in [-0.05, 0) is 11.5 Å². The number of allylic oxidation sites excluding steroid dienone is 2. The van der Waals surface area contributed by atoms with Crippen molar-refractivity contribution in [1.29, 1.82) is 0 Å². The SMILES string of the molecule is C=C/C(=C/[C@@H](C)COCc1ccccc1)[Si](C)(C)C. The van der Waals surface area contributed by atoms with Gasteiger partial charge in [0.25, 0.3) is 0 Å². The number of ether oxygens (including phenoxy) is 1. The van der Waals surface area contributed by atoms with Gasteiger partial charge in [0.2, 0.25) is 0 Å². The van der Waals surface area contributed by atoms with Crippen molar-refractivity contribution in [2.45, 2.75) is 33.2 Å². The second kappa shape index (κ2) is 7.46. The smallest absolute Gasteiger partial charge is 0.0771 e. The molecule has 0 spiro atoms. The van der Waals surface area contributed by atoms with Crippen molar-refractivity contribution in [2.24, 2.45) is 5.92 Å². The van der Waals surface area contributed by atoms with Crippen LogP contribution in [0.3, 0.4) is 0 Å². The van der Waals surface area contributed by atoms with Crippen LogP contribution in [0.15, 0.2) is 54.3 Å². The minimum atomic E-state index is -1.27. The third-order valence-corrected chi connectivity index (χ3v) is 5.15. The molecular weight excluding hydrogens is 248 g/mol. The summed E-state index contributed by atoms with van der Waals surface area (Å²) in [7, 11) is -1.27. The quantitative estimate of drug-likeness (QED) is 0.511. The zero-order valence-electron chi connectivity index (χ0n) is 12.6. The third kappa shape index (κ3) is 6.04. The van der Waals surface area contributed by atoms with Gasteiger partial charge >= 0.3 is 0 Å². The summed E-state index contributed by atoms with van der Waals surface area (Å²) in [6.45, 7) is 14.6. The summed E-state index contributed by atoms with van der Waals surface area (Å²) in [5, 5.41) is 1.42. The fourth-order valence-corrected chi connectivity index (χ4v) is 3.31. The number of benzene rings is 1. The van der Waals surface area contributed by atoms with Crippen molar-refractivity contribution in [2.75, 3.05) is 6.61 Å². The lowest BCUT2D eigenvalue weighted by molar-refractivity contribution is 0.104. The molecule has 1 atom stereocenters. The van der Waals surface area contributed by atoms with Crippen LogP contribution in [-0.4, -0.2) is 14.7 Å². The molecule has 0 aliphatic carbocycles. The molecule has 0 unspecified atom stereocenters. The summed E-state index contributed by atoms with van der Waals surface area (Å²) in [5.74, 6) is 0.434. The van der Waals surface area contributed by atoms with E-state index >= 15 is 0 Å². The maximum atomic E-state index is 5.78. The van der Waals surface area contributed by atoms with E-state index in [9.17, 15) is 0 Å². The van der Waals surface area contributed by atoms with E-state index in [1.807, 2.05) is 24.3 Å². The van der Waals surface area contributed by atoms with Crippen LogP contribution < -0.4 is 0 Å². The van der Waals surface area contributed by atoms with E-state index in [1.54, 1.807) is 0 Å². The van der Waals surface area contributed by atoms with Gasteiger partial charge in [0.05, 0.1) is 21.3 Å². The topological polar surface area (TPSA) is 9.23 Å². The van der Waals surface area contributed by atoms with Crippen LogP contribution in [0.2, 0.25) is 19.6 Å². The van der Waals surface area contributed by atoms with E-state index < -0.39 is 8.07 Å². The van der Waals surface area contributed by atoms with Crippen LogP contribution in [-0.2, 0) is 11.3 Å². The lowest BCUT2D eigenvalue weighted by atomic mass is 10.2. The lowest BCUT2D eigenvalue weighted by Crippen LogP contribution is -2.23. The Morgan fingerprint density at radius 3 is 2.42 bits per heavy atom. The molecule has 19 heavy (non-hydrogen) atoms. The normalized spacial score (nSPS) is 14.2. The van der Waals surface area contributed by atoms with Gasteiger partial charge < -0.3 is 4.74 Å². The van der Waals surface area contributed by atoms with Gasteiger partial charge in [0, 0.05) is 0 Å². The predicted octanol–water partition coefficient (Wildman–Crippen LogP) is 4.83. The molecule has 0 saturated carbocycles. The van der Waals surface area contributed by atoms with E-state index in [4.69, 9.17) is 4.74 Å². The first kappa shape index (κ1) is 15.9. The number of hydrogen-bond donors (Lipinski definition) is 0. The van der Waals surface area contributed by atoms with Crippen molar-refractivity contribution in [3.8, 4) is 0 Å². The largest absolute Gasteiger partial charge is 0.376 e. The Morgan fingerprint density at radius 2 is 1.89 bits per heavy atom. The van der Waals surface area contributed by atoms with E-state index in [0.717, 1.165) is 6.61 Å². The molecule has 0 saturated heterocycles. The molecule has 1 rings (SSSR count). The van der Waals surface area contributed by atoms with E-state index in [0.29, 0.717) is 12.5 Å². The fourth-order valence-electron chi connectivity index (χ4n) is 1.92. The van der Waals surface area contributed by atoms with Crippen LogP contribution in [0, 0.1) is 5.92 Å². The van der Waals surface area contributed by atoms with Gasteiger partial charge in [0.15, 0.2) is 0 Å². The van der Waals surface area contributed by atoms with Crippen LogP contribution in [0.5, 0.6) is 0 Å². The average molecular weight is 274 g/mol. The first-order valence-electron chi connectivity index (χ1n) is 6.90. The molecule has 0 aliphatic rings. The second-order valence-electron chi connectivity index (χ2n) is 6.05. The average Bonchev–Trinajstić information content (AvgIpc) is 2.36. The molecule has 0 N–H and O–H groups in total. The first-order chi connectivity index (χ1) is 8.93. The highest BCUT2D eigenvalue weighted by molar-refractivity contribution is 6.83. The standard InChI is InChI=1S/C17H26OSi/c1-6-17(19(3,4)5)12-15(2)13-18-14-16-10-8-7-9-11-16/h6-12,15H,1,13-14H2,2-5H3/b17-12-/t15-/m1/s1. The molecule has 0 bridgehead atoms. The Morgan fingerprint density at radius 1 is 1.26 bits per heavy atom. The molecule has 1 aromatic rings. The molecule has 0 heterocycles. The molecule has 1 aromatic carbocycles. The molecular formula is C17H26OSi. The highest BCUT2D eigenvalue weighted by Gasteiger charge is 2.17. The van der Waals surface area contributed by atoms with Crippen molar-refractivity contribution < 1.29 is 4.74 Å². The summed E-state index contributed by atoms with van der Waals surface area (Å²) in [6, 6.07) is 10.3. The molecule has 0 amide bonds. The van der Waals surface area contributed by atoms with E-state index in [1.165, 1.54) is 10.8 Å². The highest BCUT2D eigenvalue weighted by atomic mass is 28.3. The maximum Gasteiger partial charge on any atom is 0.0771 e. The molecule has 104 valence electrons. The van der Waals surface area contributed by atoms with Gasteiger partial charge in [-0.15, -0.1) is 0 Å². The zero-order valence-corrected chi connectivity index (χ0v) is 13.6. The summed E-state index contributed by atoms with van der Waals surface area (Å²) < 4.78 is 5.78. The Kier molecular flexibility index (Phi) is 6.26. The van der Waals surface area contributed by atoms with Crippen LogP contribution >= 0.6 is 0 Å². The number of hydrogen-bond acceptors (Lipinski definition) is 1. The van der Waals surface area contributed by atoms with E-state index in [-0.39, 0.29) is 0 Å². The molecule has 0 radical (unpaired) electrons. The first-order valence-corrected chi connectivity index (χ1v) is 10.4. The number of rotatable bonds is 7. The van der Waals surface area contributed by atoms with Gasteiger partial charge in [0.1, 0.15) is 0 Å². The van der Waals surface area contributed by atoms with Crippen molar-refractivity contribution in [1.82, 2.24) is 0 Å². The third-order valence-electron chi connectivity index (χ3n) is 3.04. The minimum absolute atomic E-state index is 0.434. The Hall–Kier alpha value is -1.12. The Labute approximate surface area is 119 Å². The van der Waals surface area contributed by atoms with Gasteiger partial charge in [-0.3, -0.25) is 0 Å². The summed E-state index contributed by atoms with van der Waals surface area (Å²) >= 11 is 0. The molecule has 0 aliphatic heterocycles. The van der Waals surface area contributed by atoms with Crippen LogP contribution in [0.1, 0.15) is 12.5 Å². The van der Waals surface area contributed by atoms with Crippen molar-refractivity contribution >= 4 is 8.07 Å². The predicted molar refractivity (Wildman–Crippen MR) is 86.9 cm³/mol. The zero-order chi connectivity index (χ0) is 14.3. The fraction of sp³-hybridized carbons (Fsp3) is 0.412. The molecule has 0 fully saturated rings. The van der Waals surface area contributed by atoms with Gasteiger partial charge in [-0.2, -0.15) is 0 Å². The lowest BCUT2D eigenvalue weighted by Gasteiger charge is -2.19. The van der Waals surface area contributed by atoms with Crippen molar-refractivity contribution in [3.63, 3.8) is 0 Å². The summed E-state index contributed by atoms with van der Waals surface area (Å²) in [6.07, 6.45) is 4.34. The minimum Gasteiger partial charge on any atom is -0.376 e. The van der Waals surface area contributed by atoms with Gasteiger partial charge in [-0.25, -0.2) is 0 Å². The van der Waals surface area contributed by atoms with Crippen LogP contribution in [0.4, 0.5) is 0 Å². The Bertz CT molecular complexity index is 415. The maximum absolute atomic E-state index is 5.78. The van der Waals surface area contributed by atoms with E-state index in [2.05, 4.69) is 51.4 Å². The highest BCUT2D eigenvalue weighted by Crippen LogP contribution is 2.18.